The molecule has 2 aromatic heterocycles. The second kappa shape index (κ2) is 8.86. The van der Waals surface area contributed by atoms with Crippen molar-refractivity contribution in [3.8, 4) is 0 Å². The Morgan fingerprint density at radius 2 is 1.91 bits per heavy atom. The highest BCUT2D eigenvalue weighted by molar-refractivity contribution is 7.19. The monoisotopic (exact) mass is 493 g/mol. The van der Waals surface area contributed by atoms with Crippen LogP contribution >= 0.6 is 11.3 Å². The molecule has 35 heavy (non-hydrogen) atoms. The third kappa shape index (κ3) is 4.49. The molecule has 5 rings (SSSR count). The molecular weight excluding hydrogens is 462 g/mol. The zero-order chi connectivity index (χ0) is 24.9. The highest BCUT2D eigenvalue weighted by Gasteiger charge is 2.33. The lowest BCUT2D eigenvalue weighted by atomic mass is 9.72. The van der Waals surface area contributed by atoms with Crippen molar-refractivity contribution in [3.63, 3.8) is 0 Å². The number of amides is 1. The van der Waals surface area contributed by atoms with Gasteiger partial charge in [0.05, 0.1) is 10.3 Å². The molecule has 184 valence electrons. The molecule has 0 bridgehead atoms. The second-order valence-electron chi connectivity index (χ2n) is 10.7. The van der Waals surface area contributed by atoms with Gasteiger partial charge in [0.1, 0.15) is 16.5 Å². The number of aryl methyl sites for hydroxylation is 2. The fraction of sp³-hybridized carbons (Fsp3) is 0.500. The van der Waals surface area contributed by atoms with Gasteiger partial charge in [0.2, 0.25) is 0 Å². The Bertz CT molecular complexity index is 1300. The van der Waals surface area contributed by atoms with Crippen molar-refractivity contribution in [3.05, 3.63) is 56.2 Å². The fourth-order valence-corrected chi connectivity index (χ4v) is 6.63. The molecule has 0 spiro atoms. The molecular formula is C26H31N5O3S. The van der Waals surface area contributed by atoms with Gasteiger partial charge in [0.25, 0.3) is 11.6 Å². The summed E-state index contributed by atoms with van der Waals surface area (Å²) in [6.07, 6.45) is 3.34. The minimum Gasteiger partial charge on any atom is -0.352 e. The Morgan fingerprint density at radius 3 is 2.60 bits per heavy atom. The Kier molecular flexibility index (Phi) is 5.99. The predicted molar refractivity (Wildman–Crippen MR) is 138 cm³/mol. The SMILES string of the molecule is Cc1nc(N2CCN(C(=O)c3cccc([N+](=O)[O-])c3)CC2)c2c3c(sc2n1)CC(C(C)(C)C)CC3. The first kappa shape index (κ1) is 23.7. The average Bonchev–Trinajstić information content (AvgIpc) is 3.20. The van der Waals surface area contributed by atoms with Crippen LogP contribution < -0.4 is 4.90 Å². The summed E-state index contributed by atoms with van der Waals surface area (Å²) in [4.78, 5) is 39.9. The third-order valence-electron chi connectivity index (χ3n) is 7.40. The topological polar surface area (TPSA) is 92.5 Å². The fourth-order valence-electron chi connectivity index (χ4n) is 5.29. The van der Waals surface area contributed by atoms with Gasteiger partial charge in [0.15, 0.2) is 0 Å². The van der Waals surface area contributed by atoms with E-state index in [9.17, 15) is 14.9 Å². The van der Waals surface area contributed by atoms with Crippen LogP contribution in [0.25, 0.3) is 10.2 Å². The van der Waals surface area contributed by atoms with Crippen molar-refractivity contribution in [2.75, 3.05) is 31.1 Å². The number of piperazine rings is 1. The van der Waals surface area contributed by atoms with E-state index in [0.29, 0.717) is 43.1 Å². The summed E-state index contributed by atoms with van der Waals surface area (Å²) in [5.41, 5.74) is 1.99. The molecule has 8 nitrogen and oxygen atoms in total. The number of anilines is 1. The molecule has 0 radical (unpaired) electrons. The van der Waals surface area contributed by atoms with E-state index in [2.05, 4.69) is 25.7 Å². The maximum absolute atomic E-state index is 13.0. The van der Waals surface area contributed by atoms with Gasteiger partial charge in [-0.1, -0.05) is 26.8 Å². The van der Waals surface area contributed by atoms with E-state index < -0.39 is 4.92 Å². The lowest BCUT2D eigenvalue weighted by Gasteiger charge is -2.36. The van der Waals surface area contributed by atoms with Crippen LogP contribution in [0.2, 0.25) is 0 Å². The first-order valence-electron chi connectivity index (χ1n) is 12.2. The Labute approximate surface area is 209 Å². The minimum atomic E-state index is -0.470. The minimum absolute atomic E-state index is 0.0655. The number of benzene rings is 1. The maximum Gasteiger partial charge on any atom is 0.270 e. The van der Waals surface area contributed by atoms with Crippen LogP contribution in [0.1, 0.15) is 53.8 Å². The molecule has 0 saturated carbocycles. The summed E-state index contributed by atoms with van der Waals surface area (Å²) in [5.74, 6) is 2.26. The van der Waals surface area contributed by atoms with Gasteiger partial charge in [-0.05, 0) is 49.1 Å². The molecule has 0 N–H and O–H groups in total. The first-order valence-corrected chi connectivity index (χ1v) is 13.0. The van der Waals surface area contributed by atoms with E-state index in [1.165, 1.54) is 34.4 Å². The smallest absolute Gasteiger partial charge is 0.270 e. The average molecular weight is 494 g/mol. The number of hydrogen-bond acceptors (Lipinski definition) is 7. The van der Waals surface area contributed by atoms with Gasteiger partial charge in [-0.3, -0.25) is 14.9 Å². The van der Waals surface area contributed by atoms with Crippen molar-refractivity contribution in [2.45, 2.75) is 47.0 Å². The molecule has 1 aliphatic carbocycles. The maximum atomic E-state index is 13.0. The van der Waals surface area contributed by atoms with E-state index >= 15 is 0 Å². The summed E-state index contributed by atoms with van der Waals surface area (Å²) < 4.78 is 0. The summed E-state index contributed by atoms with van der Waals surface area (Å²) in [6, 6.07) is 5.96. The number of aromatic nitrogens is 2. The number of nitro groups is 1. The molecule has 1 atom stereocenters. The number of fused-ring (bicyclic) bond motifs is 3. The van der Waals surface area contributed by atoms with E-state index in [0.717, 1.165) is 29.3 Å². The number of carbonyl (C=O) groups is 1. The van der Waals surface area contributed by atoms with Crippen LogP contribution in [0, 0.1) is 28.4 Å². The van der Waals surface area contributed by atoms with E-state index in [1.807, 2.05) is 18.3 Å². The molecule has 1 saturated heterocycles. The highest BCUT2D eigenvalue weighted by Crippen LogP contribution is 2.45. The molecule has 3 aromatic rings. The highest BCUT2D eigenvalue weighted by atomic mass is 32.1. The van der Waals surface area contributed by atoms with Crippen molar-refractivity contribution >= 4 is 39.0 Å². The van der Waals surface area contributed by atoms with Crippen molar-refractivity contribution in [1.82, 2.24) is 14.9 Å². The van der Waals surface area contributed by atoms with Crippen molar-refractivity contribution in [1.29, 1.82) is 0 Å². The molecule has 1 aliphatic heterocycles. The summed E-state index contributed by atoms with van der Waals surface area (Å²) >= 11 is 1.82. The van der Waals surface area contributed by atoms with Crippen LogP contribution in [-0.2, 0) is 12.8 Å². The van der Waals surface area contributed by atoms with Crippen LogP contribution in [0.15, 0.2) is 24.3 Å². The van der Waals surface area contributed by atoms with E-state index in [4.69, 9.17) is 9.97 Å². The molecule has 1 amide bonds. The second-order valence-corrected chi connectivity index (χ2v) is 11.8. The molecule has 3 heterocycles. The normalized spacial score (nSPS) is 18.6. The number of nitrogens with zero attached hydrogens (tertiary/aromatic N) is 5. The lowest BCUT2D eigenvalue weighted by Crippen LogP contribution is -2.49. The zero-order valence-corrected chi connectivity index (χ0v) is 21.5. The van der Waals surface area contributed by atoms with Crippen molar-refractivity contribution < 1.29 is 9.72 Å². The largest absolute Gasteiger partial charge is 0.352 e. The summed E-state index contributed by atoms with van der Waals surface area (Å²) in [6.45, 7) is 11.4. The number of rotatable bonds is 3. The van der Waals surface area contributed by atoms with E-state index in [1.54, 1.807) is 17.0 Å². The van der Waals surface area contributed by atoms with Gasteiger partial charge >= 0.3 is 0 Å². The molecule has 1 unspecified atom stereocenters. The van der Waals surface area contributed by atoms with E-state index in [-0.39, 0.29) is 11.6 Å². The Hall–Kier alpha value is -3.07. The van der Waals surface area contributed by atoms with Gasteiger partial charge in [-0.25, -0.2) is 9.97 Å². The van der Waals surface area contributed by atoms with Gasteiger partial charge in [-0.15, -0.1) is 11.3 Å². The Morgan fingerprint density at radius 1 is 1.17 bits per heavy atom. The van der Waals surface area contributed by atoms with Crippen molar-refractivity contribution in [2.24, 2.45) is 11.3 Å². The molecule has 9 heteroatoms. The van der Waals surface area contributed by atoms with Crippen LogP contribution in [-0.4, -0.2) is 51.9 Å². The lowest BCUT2D eigenvalue weighted by molar-refractivity contribution is -0.384. The summed E-state index contributed by atoms with van der Waals surface area (Å²) in [7, 11) is 0. The van der Waals surface area contributed by atoms with Gasteiger partial charge < -0.3 is 9.80 Å². The number of non-ortho nitro benzene ring substituents is 1. The van der Waals surface area contributed by atoms with Crippen LogP contribution in [0.3, 0.4) is 0 Å². The number of carbonyl (C=O) groups excluding carboxylic acids is 1. The molecule has 1 fully saturated rings. The van der Waals surface area contributed by atoms with Gasteiger partial charge in [-0.2, -0.15) is 0 Å². The predicted octanol–water partition coefficient (Wildman–Crippen LogP) is 5.02. The van der Waals surface area contributed by atoms with Crippen LogP contribution in [0.5, 0.6) is 0 Å². The Balaban J connectivity index is 1.38. The summed E-state index contributed by atoms with van der Waals surface area (Å²) in [5, 5.41) is 12.3. The standard InChI is InChI=1S/C26H31N5O3S/c1-16-27-23(22-20-9-8-18(26(2,3)4)15-21(20)35-24(22)28-16)29-10-12-30(13-11-29)25(32)17-6-5-7-19(14-17)31(33)34/h5-7,14,18H,8-13,15H2,1-4H3. The number of hydrogen-bond donors (Lipinski definition) is 0. The number of thiophene rings is 1. The van der Waals surface area contributed by atoms with Gasteiger partial charge in [0, 0.05) is 48.8 Å². The third-order valence-corrected chi connectivity index (χ3v) is 8.54. The quantitative estimate of drug-likeness (QED) is 0.376. The first-order chi connectivity index (χ1) is 16.6. The zero-order valence-electron chi connectivity index (χ0n) is 20.7. The number of nitro benzene ring substituents is 1. The molecule has 2 aliphatic rings. The molecule has 1 aromatic carbocycles. The van der Waals surface area contributed by atoms with Crippen LogP contribution in [0.4, 0.5) is 11.5 Å².